The molecule has 4 aromatic rings. The number of fused-ring (bicyclic) bond motifs is 4. The van der Waals surface area contributed by atoms with E-state index < -0.39 is 11.2 Å². The third kappa shape index (κ3) is 3.90. The molecule has 0 amide bonds. The van der Waals surface area contributed by atoms with Crippen molar-refractivity contribution in [1.82, 2.24) is 19.5 Å². The van der Waals surface area contributed by atoms with Crippen LogP contribution < -0.4 is 0 Å². The number of aromatic nitrogens is 4. The van der Waals surface area contributed by atoms with Gasteiger partial charge in [0.15, 0.2) is 11.4 Å². The Bertz CT molecular complexity index is 1730. The highest BCUT2D eigenvalue weighted by Gasteiger charge is 2.78. The predicted octanol–water partition coefficient (Wildman–Crippen LogP) is 5.46. The van der Waals surface area contributed by atoms with E-state index in [2.05, 4.69) is 35.5 Å². The van der Waals surface area contributed by atoms with Crippen LogP contribution in [0.25, 0.3) is 22.8 Å². The van der Waals surface area contributed by atoms with Crippen LogP contribution in [0.1, 0.15) is 62.8 Å². The maximum atomic E-state index is 12.9. The minimum atomic E-state index is -0.762. The van der Waals surface area contributed by atoms with Crippen LogP contribution in [0.2, 0.25) is 0 Å². The van der Waals surface area contributed by atoms with E-state index in [1.807, 2.05) is 74.8 Å². The molecule has 0 spiro atoms. The zero-order chi connectivity index (χ0) is 27.6. The molecule has 2 unspecified atom stereocenters. The number of ether oxygens (including phenoxy) is 2. The Morgan fingerprint density at radius 2 is 1.73 bits per heavy atom. The number of hydrogen-bond donors (Lipinski definition) is 0. The number of rotatable bonds is 4. The van der Waals surface area contributed by atoms with Crippen LogP contribution >= 0.6 is 0 Å². The number of nitrogens with zero attached hydrogens (tertiary/aromatic N) is 4. The van der Waals surface area contributed by atoms with Gasteiger partial charge in [-0.2, -0.15) is 0 Å². The number of imidazole rings is 1. The smallest absolute Gasteiger partial charge is 0.207 e. The first kappa shape index (κ1) is 24.9. The molecule has 1 saturated heterocycles. The van der Waals surface area contributed by atoms with Crippen molar-refractivity contribution in [1.29, 1.82) is 0 Å². The van der Waals surface area contributed by atoms with Crippen molar-refractivity contribution in [3.05, 3.63) is 89.6 Å². The molecule has 40 heavy (non-hydrogen) atoms. The fourth-order valence-corrected chi connectivity index (χ4v) is 6.63. The van der Waals surface area contributed by atoms with E-state index in [4.69, 9.17) is 24.4 Å². The van der Waals surface area contributed by atoms with Crippen LogP contribution in [0.5, 0.6) is 0 Å². The maximum absolute atomic E-state index is 12.9. The fraction of sp³-hybridized carbons (Fsp3) is 0.333. The molecule has 5 atom stereocenters. The molecular formula is C33H30N4O3. The molecule has 3 heterocycles. The Balaban J connectivity index is 1.38. The SMILES string of the molecule is CC(=O)[C@@]12CC1[C@@H](n1cnc3c(/C=C(\C)c4ccccc4)nc(C#Cc4ccccc4)nc31)C1OC(C)(C)O[C@H]12. The van der Waals surface area contributed by atoms with E-state index in [1.165, 1.54) is 0 Å². The monoisotopic (exact) mass is 530 g/mol. The standard InChI is InChI=1S/C33H30N4O3/c1-20(23-13-9-6-10-14-23)17-25-27-31(36-26(35-25)16-15-22-11-7-5-8-12-22)37(19-34-27)28-24-18-33(24,21(2)38)30-29(28)39-32(3,4)40-30/h5-14,17,19,24,28-30H,18H2,1-4H3/b20-17+/t24?,28-,29?,30-,33+/m1/s1. The van der Waals surface area contributed by atoms with Gasteiger partial charge < -0.3 is 14.0 Å². The van der Waals surface area contributed by atoms with Gasteiger partial charge in [-0.3, -0.25) is 4.79 Å². The molecule has 3 aliphatic rings. The lowest BCUT2D eigenvalue weighted by molar-refractivity contribution is -0.163. The van der Waals surface area contributed by atoms with Crippen molar-refractivity contribution in [2.75, 3.05) is 0 Å². The van der Waals surface area contributed by atoms with Gasteiger partial charge in [-0.15, -0.1) is 0 Å². The molecule has 2 aromatic carbocycles. The molecule has 2 aromatic heterocycles. The van der Waals surface area contributed by atoms with E-state index in [-0.39, 0.29) is 30.0 Å². The number of ketones is 1. The molecular weight excluding hydrogens is 500 g/mol. The molecule has 2 saturated carbocycles. The molecule has 3 fully saturated rings. The van der Waals surface area contributed by atoms with Gasteiger partial charge in [0.1, 0.15) is 23.5 Å². The molecule has 7 nitrogen and oxygen atoms in total. The van der Waals surface area contributed by atoms with Gasteiger partial charge in [0.05, 0.1) is 23.5 Å². The van der Waals surface area contributed by atoms with Crippen LogP contribution in [0.15, 0.2) is 67.0 Å². The quantitative estimate of drug-likeness (QED) is 0.326. The van der Waals surface area contributed by atoms with Crippen LogP contribution in [-0.2, 0) is 14.3 Å². The van der Waals surface area contributed by atoms with E-state index in [0.29, 0.717) is 22.7 Å². The van der Waals surface area contributed by atoms with Gasteiger partial charge in [0.25, 0.3) is 0 Å². The normalized spacial score (nSPS) is 28.1. The molecule has 200 valence electrons. The van der Waals surface area contributed by atoms with Crippen molar-refractivity contribution < 1.29 is 14.3 Å². The summed E-state index contributed by atoms with van der Waals surface area (Å²) in [6, 6.07) is 19.9. The lowest BCUT2D eigenvalue weighted by Crippen LogP contribution is -2.34. The van der Waals surface area contributed by atoms with Gasteiger partial charge in [0.2, 0.25) is 5.82 Å². The fourth-order valence-electron chi connectivity index (χ4n) is 6.63. The average molecular weight is 531 g/mol. The highest BCUT2D eigenvalue weighted by Crippen LogP contribution is 2.71. The minimum absolute atomic E-state index is 0.104. The summed E-state index contributed by atoms with van der Waals surface area (Å²) in [5.74, 6) is 6.27. The molecule has 1 aliphatic heterocycles. The minimum Gasteiger partial charge on any atom is -0.343 e. The summed E-state index contributed by atoms with van der Waals surface area (Å²) in [6.07, 6.45) is 4.07. The number of Topliss-reactive ketones (excluding diaryl/α,β-unsaturated/α-hetero) is 1. The lowest BCUT2D eigenvalue weighted by Gasteiger charge is -2.24. The van der Waals surface area contributed by atoms with Crippen LogP contribution in [0, 0.1) is 23.2 Å². The summed E-state index contributed by atoms with van der Waals surface area (Å²) in [4.78, 5) is 27.5. The van der Waals surface area contributed by atoms with Crippen LogP contribution in [0.4, 0.5) is 0 Å². The van der Waals surface area contributed by atoms with Gasteiger partial charge in [-0.25, -0.2) is 15.0 Å². The van der Waals surface area contributed by atoms with Crippen molar-refractivity contribution in [2.45, 2.75) is 58.2 Å². The zero-order valence-corrected chi connectivity index (χ0v) is 23.0. The number of carbonyl (C=O) groups excluding carboxylic acids is 1. The van der Waals surface area contributed by atoms with Crippen molar-refractivity contribution in [3.63, 3.8) is 0 Å². The zero-order valence-electron chi connectivity index (χ0n) is 23.0. The van der Waals surface area contributed by atoms with E-state index >= 15 is 0 Å². The number of allylic oxidation sites excluding steroid dienone is 1. The van der Waals surface area contributed by atoms with Crippen LogP contribution in [-0.4, -0.2) is 43.3 Å². The third-order valence-corrected chi connectivity index (χ3v) is 8.54. The molecule has 7 rings (SSSR count). The van der Waals surface area contributed by atoms with E-state index in [1.54, 1.807) is 6.92 Å². The number of hydrogen-bond acceptors (Lipinski definition) is 6. The topological polar surface area (TPSA) is 79.1 Å². The lowest BCUT2D eigenvalue weighted by atomic mass is 9.95. The van der Waals surface area contributed by atoms with Crippen LogP contribution in [0.3, 0.4) is 0 Å². The van der Waals surface area contributed by atoms with Gasteiger partial charge in [-0.05, 0) is 75.3 Å². The van der Waals surface area contributed by atoms with E-state index in [9.17, 15) is 4.79 Å². The summed E-state index contributed by atoms with van der Waals surface area (Å²) in [5, 5.41) is 0. The Morgan fingerprint density at radius 3 is 2.45 bits per heavy atom. The average Bonchev–Trinajstić information content (AvgIpc) is 3.28. The molecule has 7 heteroatoms. The van der Waals surface area contributed by atoms with E-state index in [0.717, 1.165) is 23.1 Å². The van der Waals surface area contributed by atoms with Gasteiger partial charge in [0, 0.05) is 5.56 Å². The van der Waals surface area contributed by atoms with Crippen molar-refractivity contribution >= 4 is 28.6 Å². The first-order valence-corrected chi connectivity index (χ1v) is 13.7. The summed E-state index contributed by atoms with van der Waals surface area (Å²) in [7, 11) is 0. The Hall–Kier alpha value is -4.12. The molecule has 0 bridgehead atoms. The molecule has 0 radical (unpaired) electrons. The second-order valence-electron chi connectivity index (χ2n) is 11.5. The Labute approximate surface area is 233 Å². The number of carbonyl (C=O) groups is 1. The van der Waals surface area contributed by atoms with Gasteiger partial charge in [-0.1, -0.05) is 54.5 Å². The summed E-state index contributed by atoms with van der Waals surface area (Å²) >= 11 is 0. The number of benzene rings is 2. The first-order valence-electron chi connectivity index (χ1n) is 13.7. The maximum Gasteiger partial charge on any atom is 0.207 e. The largest absolute Gasteiger partial charge is 0.343 e. The highest BCUT2D eigenvalue weighted by molar-refractivity contribution is 5.90. The highest BCUT2D eigenvalue weighted by atomic mass is 16.8. The summed E-state index contributed by atoms with van der Waals surface area (Å²) < 4.78 is 14.8. The Kier molecular flexibility index (Phi) is 5.57. The second-order valence-corrected chi connectivity index (χ2v) is 11.5. The summed E-state index contributed by atoms with van der Waals surface area (Å²) in [6.45, 7) is 7.56. The van der Waals surface area contributed by atoms with Gasteiger partial charge >= 0.3 is 0 Å². The predicted molar refractivity (Wildman–Crippen MR) is 152 cm³/mol. The summed E-state index contributed by atoms with van der Waals surface area (Å²) in [5.41, 5.74) is 4.61. The van der Waals surface area contributed by atoms with Crippen molar-refractivity contribution in [2.24, 2.45) is 11.3 Å². The van der Waals surface area contributed by atoms with Crippen molar-refractivity contribution in [3.8, 4) is 11.8 Å². The first-order chi connectivity index (χ1) is 19.3. The molecule has 2 aliphatic carbocycles. The third-order valence-electron chi connectivity index (χ3n) is 8.54. The molecule has 0 N–H and O–H groups in total. The Morgan fingerprint density at radius 1 is 1.00 bits per heavy atom. The second kappa shape index (κ2) is 8.95.